The van der Waals surface area contributed by atoms with Crippen LogP contribution in [-0.4, -0.2) is 33.8 Å². The number of amides is 2. The number of nitrogens with zero attached hydrogens (tertiary/aromatic N) is 2. The van der Waals surface area contributed by atoms with E-state index in [4.69, 9.17) is 4.74 Å². The molecule has 1 aromatic carbocycles. The second-order valence-corrected chi connectivity index (χ2v) is 7.14. The Morgan fingerprint density at radius 3 is 3.04 bits per heavy atom. The summed E-state index contributed by atoms with van der Waals surface area (Å²) in [6.07, 6.45) is 2.75. The van der Waals surface area contributed by atoms with Crippen LogP contribution in [0, 0.1) is 12.7 Å². The lowest BCUT2D eigenvalue weighted by atomic mass is 9.97. The summed E-state index contributed by atoms with van der Waals surface area (Å²) in [5, 5.41) is 10.5. The van der Waals surface area contributed by atoms with E-state index >= 15 is 0 Å². The van der Waals surface area contributed by atoms with Crippen LogP contribution >= 0.6 is 0 Å². The van der Waals surface area contributed by atoms with Crippen molar-refractivity contribution >= 4 is 11.7 Å². The first-order valence-electron chi connectivity index (χ1n) is 9.04. The second-order valence-electron chi connectivity index (χ2n) is 7.14. The number of anilines is 1. The average molecular weight is 358 g/mol. The molecule has 4 rings (SSSR count). The van der Waals surface area contributed by atoms with Crippen molar-refractivity contribution in [3.05, 3.63) is 46.5 Å². The van der Waals surface area contributed by atoms with Crippen LogP contribution in [0.1, 0.15) is 48.4 Å². The van der Waals surface area contributed by atoms with E-state index in [-0.39, 0.29) is 24.0 Å². The molecule has 0 aliphatic carbocycles. The number of halogens is 1. The molecule has 2 atom stereocenters. The van der Waals surface area contributed by atoms with Gasteiger partial charge in [0.1, 0.15) is 11.9 Å². The van der Waals surface area contributed by atoms with Crippen LogP contribution in [0.4, 0.5) is 14.9 Å². The summed E-state index contributed by atoms with van der Waals surface area (Å²) in [6, 6.07) is 4.45. The van der Waals surface area contributed by atoms with E-state index in [1.807, 2.05) is 6.92 Å². The fourth-order valence-electron chi connectivity index (χ4n) is 3.74. The van der Waals surface area contributed by atoms with Gasteiger partial charge in [-0.25, -0.2) is 9.18 Å². The Kier molecular flexibility index (Phi) is 4.40. The number of benzene rings is 1. The molecule has 1 aromatic heterocycles. The highest BCUT2D eigenvalue weighted by atomic mass is 19.1. The lowest BCUT2D eigenvalue weighted by molar-refractivity contribution is 0.106. The van der Waals surface area contributed by atoms with Crippen molar-refractivity contribution in [3.63, 3.8) is 0 Å². The molecule has 0 bridgehead atoms. The summed E-state index contributed by atoms with van der Waals surface area (Å²) in [6.45, 7) is 4.95. The molecule has 2 aliphatic heterocycles. The molecule has 2 amide bonds. The van der Waals surface area contributed by atoms with Crippen LogP contribution < -0.4 is 5.32 Å². The Labute approximate surface area is 151 Å². The van der Waals surface area contributed by atoms with Crippen LogP contribution in [0.5, 0.6) is 0 Å². The number of carbonyl (C=O) groups excluding carboxylic acids is 1. The van der Waals surface area contributed by atoms with Crippen LogP contribution in [0.2, 0.25) is 0 Å². The maximum Gasteiger partial charge on any atom is 0.322 e. The molecule has 0 radical (unpaired) electrons. The first-order valence-corrected chi connectivity index (χ1v) is 9.04. The normalized spacial score (nSPS) is 22.3. The van der Waals surface area contributed by atoms with E-state index < -0.39 is 0 Å². The number of carbonyl (C=O) groups is 1. The maximum absolute atomic E-state index is 13.4. The average Bonchev–Trinajstić information content (AvgIpc) is 3.26. The Morgan fingerprint density at radius 2 is 2.31 bits per heavy atom. The van der Waals surface area contributed by atoms with Crippen molar-refractivity contribution in [2.24, 2.45) is 0 Å². The molecule has 2 N–H and O–H groups in total. The van der Waals surface area contributed by atoms with Gasteiger partial charge in [-0.3, -0.25) is 5.10 Å². The maximum atomic E-state index is 13.4. The van der Waals surface area contributed by atoms with Crippen molar-refractivity contribution in [1.82, 2.24) is 15.1 Å². The summed E-state index contributed by atoms with van der Waals surface area (Å²) >= 11 is 0. The quantitative estimate of drug-likeness (QED) is 0.860. The number of hydrogen-bond donors (Lipinski definition) is 2. The van der Waals surface area contributed by atoms with Gasteiger partial charge in [0.25, 0.3) is 0 Å². The number of rotatable bonds is 2. The number of H-pyrrole nitrogens is 1. The van der Waals surface area contributed by atoms with Gasteiger partial charge in [-0.15, -0.1) is 0 Å². The fraction of sp³-hybridized carbons (Fsp3) is 0.474. The number of aromatic nitrogens is 2. The molecule has 2 aliphatic rings. The molecule has 7 heteroatoms. The highest BCUT2D eigenvalue weighted by Crippen LogP contribution is 2.34. The highest BCUT2D eigenvalue weighted by molar-refractivity contribution is 5.89. The molecule has 2 aromatic rings. The minimum absolute atomic E-state index is 0.0214. The van der Waals surface area contributed by atoms with Gasteiger partial charge in [-0.2, -0.15) is 5.10 Å². The molecular formula is C19H23FN4O2. The largest absolute Gasteiger partial charge is 0.372 e. The predicted octanol–water partition coefficient (Wildman–Crippen LogP) is 3.69. The molecule has 0 spiro atoms. The fourth-order valence-corrected chi connectivity index (χ4v) is 3.74. The van der Waals surface area contributed by atoms with E-state index in [2.05, 4.69) is 15.5 Å². The highest BCUT2D eigenvalue weighted by Gasteiger charge is 2.33. The van der Waals surface area contributed by atoms with E-state index in [1.54, 1.807) is 24.0 Å². The van der Waals surface area contributed by atoms with Gasteiger partial charge in [-0.1, -0.05) is 0 Å². The third-order valence-corrected chi connectivity index (χ3v) is 5.25. The standard InChI is InChI=1S/C19H23FN4O2/c1-11-8-13(5-6-15(11)20)21-19(25)24-10-14-16(9-12(24)2)22-23-18(14)17-4-3-7-26-17/h5-6,8,12,17H,3-4,7,9-10H2,1-2H3,(H,21,25)(H,22,23). The molecule has 2 unspecified atom stereocenters. The Bertz CT molecular complexity index is 829. The third-order valence-electron chi connectivity index (χ3n) is 5.25. The van der Waals surface area contributed by atoms with Gasteiger partial charge in [0.2, 0.25) is 0 Å². The SMILES string of the molecule is Cc1cc(NC(=O)N2Cc3c(C4CCCO4)n[nH]c3CC2C)ccc1F. The number of aryl methyl sites for hydroxylation is 1. The second kappa shape index (κ2) is 6.72. The van der Waals surface area contributed by atoms with Crippen molar-refractivity contribution in [1.29, 1.82) is 0 Å². The molecule has 26 heavy (non-hydrogen) atoms. The topological polar surface area (TPSA) is 70.2 Å². The Balaban J connectivity index is 1.53. The zero-order valence-corrected chi connectivity index (χ0v) is 15.0. The molecular weight excluding hydrogens is 335 g/mol. The predicted molar refractivity (Wildman–Crippen MR) is 95.4 cm³/mol. The summed E-state index contributed by atoms with van der Waals surface area (Å²) in [4.78, 5) is 14.6. The molecule has 6 nitrogen and oxygen atoms in total. The Hall–Kier alpha value is -2.41. The van der Waals surface area contributed by atoms with Crippen LogP contribution in [0.25, 0.3) is 0 Å². The first kappa shape index (κ1) is 17.0. The monoisotopic (exact) mass is 358 g/mol. The van der Waals surface area contributed by atoms with Crippen LogP contribution in [0.3, 0.4) is 0 Å². The van der Waals surface area contributed by atoms with Gasteiger partial charge in [-0.05, 0) is 50.5 Å². The number of nitrogens with one attached hydrogen (secondary N) is 2. The number of hydrogen-bond acceptors (Lipinski definition) is 3. The smallest absolute Gasteiger partial charge is 0.322 e. The van der Waals surface area contributed by atoms with Crippen molar-refractivity contribution < 1.29 is 13.9 Å². The van der Waals surface area contributed by atoms with Crippen molar-refractivity contribution in [3.8, 4) is 0 Å². The van der Waals surface area contributed by atoms with Crippen LogP contribution in [0.15, 0.2) is 18.2 Å². The molecule has 1 saturated heterocycles. The summed E-state index contributed by atoms with van der Waals surface area (Å²) in [7, 11) is 0. The van der Waals surface area contributed by atoms with Crippen molar-refractivity contribution in [2.45, 2.75) is 51.8 Å². The molecule has 138 valence electrons. The van der Waals surface area contributed by atoms with E-state index in [1.165, 1.54) is 6.07 Å². The van der Waals surface area contributed by atoms with Crippen molar-refractivity contribution in [2.75, 3.05) is 11.9 Å². The summed E-state index contributed by atoms with van der Waals surface area (Å²) in [5.41, 5.74) is 4.19. The van der Waals surface area contributed by atoms with Gasteiger partial charge < -0.3 is 15.0 Å². The lowest BCUT2D eigenvalue weighted by Gasteiger charge is -2.33. The van der Waals surface area contributed by atoms with Gasteiger partial charge in [0, 0.05) is 36.0 Å². The van der Waals surface area contributed by atoms with E-state index in [9.17, 15) is 9.18 Å². The lowest BCUT2D eigenvalue weighted by Crippen LogP contribution is -2.45. The van der Waals surface area contributed by atoms with Gasteiger partial charge in [0.15, 0.2) is 0 Å². The number of ether oxygens (including phenoxy) is 1. The minimum Gasteiger partial charge on any atom is -0.372 e. The number of aromatic amines is 1. The van der Waals surface area contributed by atoms with E-state index in [0.29, 0.717) is 17.8 Å². The summed E-state index contributed by atoms with van der Waals surface area (Å²) < 4.78 is 19.2. The minimum atomic E-state index is -0.279. The molecule has 0 saturated carbocycles. The van der Waals surface area contributed by atoms with E-state index in [0.717, 1.165) is 42.8 Å². The number of urea groups is 1. The zero-order chi connectivity index (χ0) is 18.3. The molecule has 1 fully saturated rings. The van der Waals surface area contributed by atoms with Crippen LogP contribution in [-0.2, 0) is 17.7 Å². The summed E-state index contributed by atoms with van der Waals surface area (Å²) in [5.74, 6) is -0.279. The first-order chi connectivity index (χ1) is 12.5. The number of fused-ring (bicyclic) bond motifs is 1. The molecule has 3 heterocycles. The third kappa shape index (κ3) is 3.07. The zero-order valence-electron chi connectivity index (χ0n) is 15.0. The Morgan fingerprint density at radius 1 is 1.46 bits per heavy atom. The van der Waals surface area contributed by atoms with Gasteiger partial charge in [0.05, 0.1) is 12.2 Å². The van der Waals surface area contributed by atoms with Gasteiger partial charge >= 0.3 is 6.03 Å².